The topological polar surface area (TPSA) is 50.4 Å². The number of carbonyl (C=O) groups is 1. The quantitative estimate of drug-likeness (QED) is 0.770. The number of methoxy groups -OCH3 is 1. The second kappa shape index (κ2) is 3.76. The predicted octanol–water partition coefficient (Wildman–Crippen LogP) is 1.19. The highest BCUT2D eigenvalue weighted by Crippen LogP contribution is 2.22. The summed E-state index contributed by atoms with van der Waals surface area (Å²) in [6.45, 7) is 0.477. The maximum Gasteiger partial charge on any atom is 0.315 e. The van der Waals surface area contributed by atoms with E-state index in [9.17, 15) is 9.18 Å². The standard InChI is InChI=1S/C10H11FN2O2/c1-15-9-3-2-6(4-7(9)11)8-5-12-10(14)13-8/h2-4,8H,5H2,1H3,(H2,12,13,14)/t8-/m0/s1. The SMILES string of the molecule is COc1ccc([C@@H]2CNC(=O)N2)cc1F. The molecule has 1 aliphatic rings. The molecule has 0 radical (unpaired) electrons. The van der Waals surface area contributed by atoms with Gasteiger partial charge in [0, 0.05) is 6.54 Å². The maximum absolute atomic E-state index is 13.3. The molecule has 5 heteroatoms. The molecule has 2 N–H and O–H groups in total. The smallest absolute Gasteiger partial charge is 0.315 e. The van der Waals surface area contributed by atoms with Gasteiger partial charge in [-0.3, -0.25) is 0 Å². The Hall–Kier alpha value is -1.78. The maximum atomic E-state index is 13.3. The molecule has 1 aromatic carbocycles. The highest BCUT2D eigenvalue weighted by Gasteiger charge is 2.22. The molecule has 1 atom stereocenters. The first kappa shape index (κ1) is 9.76. The molecule has 0 unspecified atom stereocenters. The lowest BCUT2D eigenvalue weighted by molar-refractivity contribution is 0.247. The van der Waals surface area contributed by atoms with Crippen molar-refractivity contribution in [2.75, 3.05) is 13.7 Å². The summed E-state index contributed by atoms with van der Waals surface area (Å²) in [4.78, 5) is 10.9. The molecule has 1 fully saturated rings. The highest BCUT2D eigenvalue weighted by molar-refractivity contribution is 5.76. The zero-order chi connectivity index (χ0) is 10.8. The normalized spacial score (nSPS) is 19.6. The monoisotopic (exact) mass is 210 g/mol. The van der Waals surface area contributed by atoms with Crippen molar-refractivity contribution in [3.05, 3.63) is 29.6 Å². The van der Waals surface area contributed by atoms with Crippen molar-refractivity contribution in [2.24, 2.45) is 0 Å². The fourth-order valence-corrected chi connectivity index (χ4v) is 1.56. The lowest BCUT2D eigenvalue weighted by atomic mass is 10.1. The summed E-state index contributed by atoms with van der Waals surface area (Å²) in [7, 11) is 1.41. The number of hydrogen-bond donors (Lipinski definition) is 2. The summed E-state index contributed by atoms with van der Waals surface area (Å²) in [6, 6.07) is 4.26. The van der Waals surface area contributed by atoms with E-state index in [0.29, 0.717) is 6.54 Å². The van der Waals surface area contributed by atoms with Gasteiger partial charge in [-0.2, -0.15) is 0 Å². The minimum absolute atomic E-state index is 0.169. The minimum Gasteiger partial charge on any atom is -0.494 e. The summed E-state index contributed by atoms with van der Waals surface area (Å²) >= 11 is 0. The predicted molar refractivity (Wildman–Crippen MR) is 52.2 cm³/mol. The fourth-order valence-electron chi connectivity index (χ4n) is 1.56. The van der Waals surface area contributed by atoms with Crippen molar-refractivity contribution >= 4 is 6.03 Å². The average molecular weight is 210 g/mol. The first-order chi connectivity index (χ1) is 7.20. The summed E-state index contributed by atoms with van der Waals surface area (Å²) in [5, 5.41) is 5.29. The summed E-state index contributed by atoms with van der Waals surface area (Å²) < 4.78 is 18.1. The number of benzene rings is 1. The molecular weight excluding hydrogens is 199 g/mol. The Morgan fingerprint density at radius 1 is 1.53 bits per heavy atom. The van der Waals surface area contributed by atoms with Crippen molar-refractivity contribution in [3.8, 4) is 5.75 Å². The molecule has 1 saturated heterocycles. The molecule has 0 aliphatic carbocycles. The van der Waals surface area contributed by atoms with Crippen LogP contribution in [0.1, 0.15) is 11.6 Å². The van der Waals surface area contributed by atoms with Gasteiger partial charge < -0.3 is 15.4 Å². The Morgan fingerprint density at radius 3 is 2.87 bits per heavy atom. The molecule has 0 aromatic heterocycles. The summed E-state index contributed by atoms with van der Waals surface area (Å²) in [5.74, 6) is -0.216. The van der Waals surface area contributed by atoms with Gasteiger partial charge >= 0.3 is 6.03 Å². The zero-order valence-corrected chi connectivity index (χ0v) is 8.21. The molecular formula is C10H11FN2O2. The molecule has 80 valence electrons. The van der Waals surface area contributed by atoms with Gasteiger partial charge in [0.15, 0.2) is 11.6 Å². The van der Waals surface area contributed by atoms with E-state index in [1.165, 1.54) is 13.2 Å². The van der Waals surface area contributed by atoms with Crippen LogP contribution in [-0.2, 0) is 0 Å². The van der Waals surface area contributed by atoms with Crippen LogP contribution in [0.25, 0.3) is 0 Å². The van der Waals surface area contributed by atoms with Crippen molar-refractivity contribution in [1.29, 1.82) is 0 Å². The molecule has 0 bridgehead atoms. The van der Waals surface area contributed by atoms with Crippen molar-refractivity contribution in [2.45, 2.75) is 6.04 Å². The van der Waals surface area contributed by atoms with Crippen LogP contribution in [0.15, 0.2) is 18.2 Å². The third kappa shape index (κ3) is 1.86. The Morgan fingerprint density at radius 2 is 2.33 bits per heavy atom. The lowest BCUT2D eigenvalue weighted by Crippen LogP contribution is -2.21. The van der Waals surface area contributed by atoms with Crippen LogP contribution in [0, 0.1) is 5.82 Å². The number of urea groups is 1. The molecule has 0 saturated carbocycles. The number of carbonyl (C=O) groups excluding carboxylic acids is 1. The van der Waals surface area contributed by atoms with E-state index in [1.54, 1.807) is 12.1 Å². The van der Waals surface area contributed by atoms with Gasteiger partial charge in [0.1, 0.15) is 0 Å². The van der Waals surface area contributed by atoms with Crippen LogP contribution in [0.5, 0.6) is 5.75 Å². The van der Waals surface area contributed by atoms with Gasteiger partial charge in [0.25, 0.3) is 0 Å². The van der Waals surface area contributed by atoms with E-state index in [-0.39, 0.29) is 17.8 Å². The van der Waals surface area contributed by atoms with Crippen molar-refractivity contribution in [3.63, 3.8) is 0 Å². The minimum atomic E-state index is -0.420. The molecule has 2 amide bonds. The van der Waals surface area contributed by atoms with Crippen LogP contribution in [0.3, 0.4) is 0 Å². The van der Waals surface area contributed by atoms with Crippen LogP contribution >= 0.6 is 0 Å². The number of halogens is 1. The Bertz CT molecular complexity index is 395. The lowest BCUT2D eigenvalue weighted by Gasteiger charge is -2.10. The third-order valence-electron chi connectivity index (χ3n) is 2.35. The zero-order valence-electron chi connectivity index (χ0n) is 8.21. The summed E-state index contributed by atoms with van der Waals surface area (Å²) in [6.07, 6.45) is 0. The molecule has 4 nitrogen and oxygen atoms in total. The molecule has 2 rings (SSSR count). The number of rotatable bonds is 2. The molecule has 0 spiro atoms. The van der Waals surface area contributed by atoms with E-state index >= 15 is 0 Å². The van der Waals surface area contributed by atoms with Crippen LogP contribution < -0.4 is 15.4 Å². The van der Waals surface area contributed by atoms with Crippen LogP contribution in [0.4, 0.5) is 9.18 Å². The number of hydrogen-bond acceptors (Lipinski definition) is 2. The van der Waals surface area contributed by atoms with Crippen LogP contribution in [0.2, 0.25) is 0 Å². The van der Waals surface area contributed by atoms with Crippen molar-refractivity contribution in [1.82, 2.24) is 10.6 Å². The van der Waals surface area contributed by atoms with E-state index in [4.69, 9.17) is 4.74 Å². The Labute approximate surface area is 86.4 Å². The fraction of sp³-hybridized carbons (Fsp3) is 0.300. The second-order valence-corrected chi connectivity index (χ2v) is 3.30. The van der Waals surface area contributed by atoms with Crippen LogP contribution in [-0.4, -0.2) is 19.7 Å². The third-order valence-corrected chi connectivity index (χ3v) is 2.35. The van der Waals surface area contributed by atoms with E-state index < -0.39 is 5.82 Å². The van der Waals surface area contributed by atoms with Gasteiger partial charge in [-0.1, -0.05) is 6.07 Å². The number of ether oxygens (including phenoxy) is 1. The van der Waals surface area contributed by atoms with Gasteiger partial charge in [0.2, 0.25) is 0 Å². The first-order valence-electron chi connectivity index (χ1n) is 4.58. The average Bonchev–Trinajstić information content (AvgIpc) is 2.65. The number of nitrogens with one attached hydrogen (secondary N) is 2. The number of amides is 2. The largest absolute Gasteiger partial charge is 0.494 e. The van der Waals surface area contributed by atoms with E-state index in [0.717, 1.165) is 5.56 Å². The first-order valence-corrected chi connectivity index (χ1v) is 4.58. The molecule has 1 heterocycles. The molecule has 1 aliphatic heterocycles. The van der Waals surface area contributed by atoms with E-state index in [2.05, 4.69) is 10.6 Å². The Kier molecular flexibility index (Phi) is 2.45. The van der Waals surface area contributed by atoms with Gasteiger partial charge in [-0.05, 0) is 17.7 Å². The molecule has 15 heavy (non-hydrogen) atoms. The molecule has 1 aromatic rings. The highest BCUT2D eigenvalue weighted by atomic mass is 19.1. The van der Waals surface area contributed by atoms with E-state index in [1.807, 2.05) is 0 Å². The van der Waals surface area contributed by atoms with Gasteiger partial charge in [0.05, 0.1) is 13.2 Å². The summed E-state index contributed by atoms with van der Waals surface area (Å²) in [5.41, 5.74) is 0.728. The Balaban J connectivity index is 2.22. The van der Waals surface area contributed by atoms with Gasteiger partial charge in [-0.25, -0.2) is 9.18 Å². The second-order valence-electron chi connectivity index (χ2n) is 3.30. The van der Waals surface area contributed by atoms with Gasteiger partial charge in [-0.15, -0.1) is 0 Å². The van der Waals surface area contributed by atoms with Crippen molar-refractivity contribution < 1.29 is 13.9 Å².